The number of halogens is 1. The average Bonchev–Trinajstić information content (AvgIpc) is 2.97. The maximum absolute atomic E-state index is 4.65. The van der Waals surface area contributed by atoms with E-state index in [1.165, 1.54) is 30.8 Å². The number of guanidine groups is 1. The quantitative estimate of drug-likeness (QED) is 0.436. The largest absolute Gasteiger partial charge is 0.357 e. The summed E-state index contributed by atoms with van der Waals surface area (Å²) in [6.45, 7) is 7.25. The topological polar surface area (TPSA) is 39.7 Å². The SMILES string of the molecule is CCNC(=NCc1cccs1)NCC1CCN(C)CC1.I. The van der Waals surface area contributed by atoms with Crippen LogP contribution in [0.5, 0.6) is 0 Å². The summed E-state index contributed by atoms with van der Waals surface area (Å²) >= 11 is 1.76. The Hall–Kier alpha value is -0.340. The predicted molar refractivity (Wildman–Crippen MR) is 103 cm³/mol. The summed E-state index contributed by atoms with van der Waals surface area (Å²) in [4.78, 5) is 8.37. The molecule has 2 heterocycles. The lowest BCUT2D eigenvalue weighted by Crippen LogP contribution is -2.42. The second-order valence-electron chi connectivity index (χ2n) is 5.40. The minimum absolute atomic E-state index is 0. The number of aliphatic imine (C=N–C) groups is 1. The molecule has 1 aliphatic rings. The van der Waals surface area contributed by atoms with Gasteiger partial charge in [-0.3, -0.25) is 0 Å². The third kappa shape index (κ3) is 6.97. The summed E-state index contributed by atoms with van der Waals surface area (Å²) in [5, 5.41) is 8.92. The number of piperidine rings is 1. The van der Waals surface area contributed by atoms with Gasteiger partial charge in [0.25, 0.3) is 0 Å². The Morgan fingerprint density at radius 1 is 1.38 bits per heavy atom. The van der Waals surface area contributed by atoms with Gasteiger partial charge in [-0.2, -0.15) is 0 Å². The van der Waals surface area contributed by atoms with Gasteiger partial charge in [0.15, 0.2) is 5.96 Å². The Labute approximate surface area is 149 Å². The van der Waals surface area contributed by atoms with Gasteiger partial charge in [-0.25, -0.2) is 4.99 Å². The molecule has 0 aromatic carbocycles. The molecule has 21 heavy (non-hydrogen) atoms. The van der Waals surface area contributed by atoms with Crippen LogP contribution in [0.15, 0.2) is 22.5 Å². The van der Waals surface area contributed by atoms with Gasteiger partial charge in [0, 0.05) is 18.0 Å². The molecule has 0 atom stereocenters. The maximum Gasteiger partial charge on any atom is 0.191 e. The Morgan fingerprint density at radius 3 is 2.76 bits per heavy atom. The first-order valence-electron chi connectivity index (χ1n) is 7.51. The van der Waals surface area contributed by atoms with Crippen molar-refractivity contribution in [1.82, 2.24) is 15.5 Å². The van der Waals surface area contributed by atoms with Crippen molar-refractivity contribution in [3.8, 4) is 0 Å². The number of hydrogen-bond acceptors (Lipinski definition) is 3. The van der Waals surface area contributed by atoms with Gasteiger partial charge in [0.05, 0.1) is 6.54 Å². The van der Waals surface area contributed by atoms with Crippen LogP contribution in [0.4, 0.5) is 0 Å². The number of hydrogen-bond donors (Lipinski definition) is 2. The lowest BCUT2D eigenvalue weighted by atomic mass is 9.97. The summed E-state index contributed by atoms with van der Waals surface area (Å²) in [6.07, 6.45) is 2.57. The highest BCUT2D eigenvalue weighted by Crippen LogP contribution is 2.14. The molecule has 0 radical (unpaired) electrons. The van der Waals surface area contributed by atoms with E-state index < -0.39 is 0 Å². The van der Waals surface area contributed by atoms with E-state index in [4.69, 9.17) is 0 Å². The van der Waals surface area contributed by atoms with Crippen molar-refractivity contribution in [2.24, 2.45) is 10.9 Å². The number of thiophene rings is 1. The number of likely N-dealkylation sites (tertiary alicyclic amines) is 1. The molecule has 1 fully saturated rings. The molecule has 6 heteroatoms. The van der Waals surface area contributed by atoms with E-state index in [9.17, 15) is 0 Å². The zero-order chi connectivity index (χ0) is 14.2. The molecule has 2 N–H and O–H groups in total. The second-order valence-corrected chi connectivity index (χ2v) is 6.43. The highest BCUT2D eigenvalue weighted by atomic mass is 127. The van der Waals surface area contributed by atoms with E-state index in [0.29, 0.717) is 0 Å². The van der Waals surface area contributed by atoms with Crippen molar-refractivity contribution < 1.29 is 0 Å². The van der Waals surface area contributed by atoms with Crippen molar-refractivity contribution in [2.75, 3.05) is 33.2 Å². The highest BCUT2D eigenvalue weighted by Gasteiger charge is 2.16. The molecule has 0 bridgehead atoms. The van der Waals surface area contributed by atoms with Gasteiger partial charge in [0.2, 0.25) is 0 Å². The molecule has 1 aliphatic heterocycles. The van der Waals surface area contributed by atoms with Crippen LogP contribution in [-0.2, 0) is 6.54 Å². The standard InChI is InChI=1S/C15H26N4S.HI/c1-3-16-15(18-12-14-5-4-10-20-14)17-11-13-6-8-19(2)9-7-13;/h4-5,10,13H,3,6-9,11-12H2,1-2H3,(H2,16,17,18);1H. The van der Waals surface area contributed by atoms with Crippen LogP contribution >= 0.6 is 35.3 Å². The molecule has 0 aliphatic carbocycles. The van der Waals surface area contributed by atoms with Gasteiger partial charge in [0.1, 0.15) is 0 Å². The molecule has 2 rings (SSSR count). The molecule has 120 valence electrons. The summed E-state index contributed by atoms with van der Waals surface area (Å²) < 4.78 is 0. The number of nitrogens with one attached hydrogen (secondary N) is 2. The van der Waals surface area contributed by atoms with Gasteiger partial charge in [-0.05, 0) is 57.3 Å². The number of rotatable bonds is 5. The van der Waals surface area contributed by atoms with Gasteiger partial charge >= 0.3 is 0 Å². The van der Waals surface area contributed by atoms with Crippen molar-refractivity contribution in [3.05, 3.63) is 22.4 Å². The van der Waals surface area contributed by atoms with E-state index >= 15 is 0 Å². The van der Waals surface area contributed by atoms with Crippen molar-refractivity contribution >= 4 is 41.3 Å². The fraction of sp³-hybridized carbons (Fsp3) is 0.667. The summed E-state index contributed by atoms with van der Waals surface area (Å²) in [5.41, 5.74) is 0. The zero-order valence-electron chi connectivity index (χ0n) is 13.0. The van der Waals surface area contributed by atoms with E-state index in [0.717, 1.165) is 31.5 Å². The smallest absolute Gasteiger partial charge is 0.191 e. The molecule has 1 aromatic rings. The summed E-state index contributed by atoms with van der Waals surface area (Å²) in [7, 11) is 2.20. The van der Waals surface area contributed by atoms with E-state index in [1.54, 1.807) is 11.3 Å². The molecule has 1 saturated heterocycles. The Bertz CT molecular complexity index is 400. The van der Waals surface area contributed by atoms with Crippen molar-refractivity contribution in [3.63, 3.8) is 0 Å². The fourth-order valence-electron chi connectivity index (χ4n) is 2.41. The minimum Gasteiger partial charge on any atom is -0.357 e. The first-order valence-corrected chi connectivity index (χ1v) is 8.39. The fourth-order valence-corrected chi connectivity index (χ4v) is 3.04. The van der Waals surface area contributed by atoms with Crippen LogP contribution in [0.25, 0.3) is 0 Å². The highest BCUT2D eigenvalue weighted by molar-refractivity contribution is 14.0. The normalized spacial score (nSPS) is 17.3. The van der Waals surface area contributed by atoms with Gasteiger partial charge < -0.3 is 15.5 Å². The van der Waals surface area contributed by atoms with Crippen LogP contribution in [0.3, 0.4) is 0 Å². The van der Waals surface area contributed by atoms with E-state index in [-0.39, 0.29) is 24.0 Å². The Morgan fingerprint density at radius 2 is 2.14 bits per heavy atom. The molecular formula is C15H27IN4S. The van der Waals surface area contributed by atoms with Crippen molar-refractivity contribution in [2.45, 2.75) is 26.3 Å². The molecule has 1 aromatic heterocycles. The molecule has 0 saturated carbocycles. The van der Waals surface area contributed by atoms with Gasteiger partial charge in [-0.15, -0.1) is 35.3 Å². The maximum atomic E-state index is 4.65. The number of nitrogens with zero attached hydrogens (tertiary/aromatic N) is 2. The van der Waals surface area contributed by atoms with Crippen LogP contribution in [0, 0.1) is 5.92 Å². The van der Waals surface area contributed by atoms with Crippen LogP contribution in [0.2, 0.25) is 0 Å². The minimum atomic E-state index is 0. The van der Waals surface area contributed by atoms with Crippen LogP contribution < -0.4 is 10.6 Å². The third-order valence-corrected chi connectivity index (χ3v) is 4.57. The first-order chi connectivity index (χ1) is 9.78. The Kier molecular flexibility index (Phi) is 9.26. The second kappa shape index (κ2) is 10.4. The van der Waals surface area contributed by atoms with Crippen molar-refractivity contribution in [1.29, 1.82) is 0 Å². The monoisotopic (exact) mass is 422 g/mol. The molecular weight excluding hydrogens is 395 g/mol. The van der Waals surface area contributed by atoms with E-state index in [2.05, 4.69) is 52.0 Å². The van der Waals surface area contributed by atoms with Gasteiger partial charge in [-0.1, -0.05) is 6.07 Å². The lowest BCUT2D eigenvalue weighted by Gasteiger charge is -2.29. The summed E-state index contributed by atoms with van der Waals surface area (Å²) in [6, 6.07) is 4.21. The third-order valence-electron chi connectivity index (χ3n) is 3.71. The predicted octanol–water partition coefficient (Wildman–Crippen LogP) is 2.76. The molecule has 4 nitrogen and oxygen atoms in total. The van der Waals surface area contributed by atoms with Crippen LogP contribution in [-0.4, -0.2) is 44.1 Å². The Balaban J connectivity index is 0.00000220. The first kappa shape index (κ1) is 18.7. The molecule has 0 unspecified atom stereocenters. The van der Waals surface area contributed by atoms with Crippen LogP contribution in [0.1, 0.15) is 24.6 Å². The summed E-state index contributed by atoms with van der Waals surface area (Å²) in [5.74, 6) is 1.72. The molecule has 0 amide bonds. The molecule has 0 spiro atoms. The van der Waals surface area contributed by atoms with E-state index in [1.807, 2.05) is 0 Å². The zero-order valence-corrected chi connectivity index (χ0v) is 16.1. The average molecular weight is 422 g/mol. The lowest BCUT2D eigenvalue weighted by molar-refractivity contribution is 0.220.